The molecule has 2 aliphatic rings. The second-order valence-electron chi connectivity index (χ2n) is 7.11. The van der Waals surface area contributed by atoms with Crippen LogP contribution in [0.5, 0.6) is 0 Å². The molecular weight excluding hydrogens is 337 g/mol. The van der Waals surface area contributed by atoms with Gasteiger partial charge < -0.3 is 0 Å². The number of hydrogen-bond acceptors (Lipinski definition) is 1. The zero-order valence-corrected chi connectivity index (χ0v) is 15.7. The number of alkyl halides is 3. The molecule has 2 aliphatic carbocycles. The minimum atomic E-state index is -4.30. The molecule has 0 aromatic heterocycles. The van der Waals surface area contributed by atoms with Crippen LogP contribution in [0.4, 0.5) is 13.2 Å². The van der Waals surface area contributed by atoms with Crippen LogP contribution in [0.3, 0.4) is 0 Å². The first-order valence-corrected chi connectivity index (χ1v) is 9.33. The highest BCUT2D eigenvalue weighted by Gasteiger charge is 2.32. The van der Waals surface area contributed by atoms with E-state index in [1.807, 2.05) is 25.2 Å². The van der Waals surface area contributed by atoms with Crippen LogP contribution in [0.25, 0.3) is 0 Å². The molecule has 0 saturated carbocycles. The van der Waals surface area contributed by atoms with Crippen molar-refractivity contribution in [2.75, 3.05) is 0 Å². The zero-order valence-electron chi connectivity index (χ0n) is 15.7. The Hall–Kier alpha value is -1.84. The molecule has 2 rings (SSSR count). The summed E-state index contributed by atoms with van der Waals surface area (Å²) in [7, 11) is 0. The Kier molecular flexibility index (Phi) is 6.85. The number of allylic oxidation sites excluding steroid dienone is 10. The first-order valence-electron chi connectivity index (χ1n) is 9.33. The van der Waals surface area contributed by atoms with Crippen molar-refractivity contribution in [2.45, 2.75) is 65.5 Å². The molecule has 0 aromatic rings. The van der Waals surface area contributed by atoms with Gasteiger partial charge in [-0.3, -0.25) is 4.79 Å². The Morgan fingerprint density at radius 2 is 1.92 bits per heavy atom. The standard InChI is InChI=1S/C22H27F3O/c1-4-17-11-10-15(2)21(26)16(3)14-20(17)18-8-6-5-7-9-19(13-12-18)22(23,24)25/h6,8,12-15H,4-5,7,9-11H2,1-3H3/b8-6-,16-14-,18-12-,19-13+,20-17+. The number of hydrogen-bond donors (Lipinski definition) is 0. The van der Waals surface area contributed by atoms with Crippen LogP contribution in [-0.2, 0) is 4.79 Å². The predicted octanol–water partition coefficient (Wildman–Crippen LogP) is 6.79. The fraction of sp³-hybridized carbons (Fsp3) is 0.500. The Morgan fingerprint density at radius 1 is 1.19 bits per heavy atom. The fourth-order valence-electron chi connectivity index (χ4n) is 3.46. The molecular formula is C22H27F3O. The van der Waals surface area contributed by atoms with Crippen molar-refractivity contribution in [2.24, 2.45) is 5.92 Å². The quantitative estimate of drug-likeness (QED) is 0.527. The molecule has 0 aromatic carbocycles. The van der Waals surface area contributed by atoms with E-state index < -0.39 is 11.7 Å². The second-order valence-corrected chi connectivity index (χ2v) is 7.11. The predicted molar refractivity (Wildman–Crippen MR) is 99.7 cm³/mol. The Labute approximate surface area is 154 Å². The Balaban J connectivity index is 2.56. The van der Waals surface area contributed by atoms with Gasteiger partial charge in [-0.25, -0.2) is 0 Å². The van der Waals surface area contributed by atoms with Gasteiger partial charge >= 0.3 is 6.18 Å². The average Bonchev–Trinajstić information content (AvgIpc) is 2.70. The number of Topliss-reactive ketones (excluding diaryl/α,β-unsaturated/α-hetero) is 1. The van der Waals surface area contributed by atoms with E-state index in [1.165, 1.54) is 11.6 Å². The SMILES string of the molecule is CC\C1=C(C2=C\C=C(\C(F)(F)F)CCC/C=C\2)\C=C(\C)C(=O)C(C)CC1. The molecule has 0 fully saturated rings. The third-order valence-electron chi connectivity index (χ3n) is 5.14. The van der Waals surface area contributed by atoms with Crippen LogP contribution in [0.15, 0.2) is 58.2 Å². The first-order chi connectivity index (χ1) is 12.2. The van der Waals surface area contributed by atoms with Gasteiger partial charge in [0.15, 0.2) is 5.78 Å². The summed E-state index contributed by atoms with van der Waals surface area (Å²) in [4.78, 5) is 12.4. The van der Waals surface area contributed by atoms with Crippen molar-refractivity contribution in [3.8, 4) is 0 Å². The van der Waals surface area contributed by atoms with Crippen molar-refractivity contribution in [1.82, 2.24) is 0 Å². The van der Waals surface area contributed by atoms with Gasteiger partial charge in [0.1, 0.15) is 0 Å². The number of halogens is 3. The molecule has 0 N–H and O–H groups in total. The van der Waals surface area contributed by atoms with E-state index in [1.54, 1.807) is 13.0 Å². The van der Waals surface area contributed by atoms with Crippen molar-refractivity contribution in [1.29, 1.82) is 0 Å². The minimum Gasteiger partial charge on any atom is -0.294 e. The summed E-state index contributed by atoms with van der Waals surface area (Å²) < 4.78 is 39.6. The maximum Gasteiger partial charge on any atom is 0.412 e. The lowest BCUT2D eigenvalue weighted by molar-refractivity contribution is -0.118. The maximum absolute atomic E-state index is 13.2. The Morgan fingerprint density at radius 3 is 2.58 bits per heavy atom. The van der Waals surface area contributed by atoms with Crippen molar-refractivity contribution >= 4 is 5.78 Å². The summed E-state index contributed by atoms with van der Waals surface area (Å²) in [5.41, 5.74) is 3.04. The van der Waals surface area contributed by atoms with E-state index in [0.29, 0.717) is 18.4 Å². The largest absolute Gasteiger partial charge is 0.412 e. The number of carbonyl (C=O) groups excluding carboxylic acids is 1. The molecule has 26 heavy (non-hydrogen) atoms. The van der Waals surface area contributed by atoms with E-state index in [4.69, 9.17) is 0 Å². The molecule has 1 atom stereocenters. The highest BCUT2D eigenvalue weighted by molar-refractivity contribution is 5.97. The van der Waals surface area contributed by atoms with E-state index in [0.717, 1.165) is 30.4 Å². The lowest BCUT2D eigenvalue weighted by atomic mass is 9.84. The van der Waals surface area contributed by atoms with E-state index in [9.17, 15) is 18.0 Å². The number of rotatable bonds is 2. The van der Waals surface area contributed by atoms with Crippen molar-refractivity contribution in [3.05, 3.63) is 58.2 Å². The van der Waals surface area contributed by atoms with E-state index in [-0.39, 0.29) is 18.1 Å². The minimum absolute atomic E-state index is 0.0175. The van der Waals surface area contributed by atoms with Crippen molar-refractivity contribution < 1.29 is 18.0 Å². The van der Waals surface area contributed by atoms with Crippen LogP contribution in [-0.4, -0.2) is 12.0 Å². The average molecular weight is 364 g/mol. The van der Waals surface area contributed by atoms with Gasteiger partial charge in [-0.15, -0.1) is 0 Å². The highest BCUT2D eigenvalue weighted by atomic mass is 19.4. The van der Waals surface area contributed by atoms with Gasteiger partial charge in [-0.1, -0.05) is 43.7 Å². The molecule has 1 unspecified atom stereocenters. The molecule has 0 saturated heterocycles. The summed E-state index contributed by atoms with van der Waals surface area (Å²) >= 11 is 0. The van der Waals surface area contributed by atoms with Gasteiger partial charge in [0.25, 0.3) is 0 Å². The molecule has 0 aliphatic heterocycles. The van der Waals surface area contributed by atoms with Crippen molar-refractivity contribution in [3.63, 3.8) is 0 Å². The summed E-state index contributed by atoms with van der Waals surface area (Å²) in [5.74, 6) is 0.105. The number of ketones is 1. The third kappa shape index (κ3) is 5.09. The summed E-state index contributed by atoms with van der Waals surface area (Å²) in [6, 6.07) is 0. The smallest absolute Gasteiger partial charge is 0.294 e. The molecule has 0 amide bonds. The van der Waals surface area contributed by atoms with Crippen LogP contribution in [0.2, 0.25) is 0 Å². The number of carbonyl (C=O) groups is 1. The molecule has 0 spiro atoms. The molecule has 4 heteroatoms. The summed E-state index contributed by atoms with van der Waals surface area (Å²) in [6.07, 6.45) is 7.69. The maximum atomic E-state index is 13.2. The lowest BCUT2D eigenvalue weighted by Gasteiger charge is -2.20. The first kappa shape index (κ1) is 20.5. The van der Waals surface area contributed by atoms with Gasteiger partial charge in [-0.05, 0) is 68.2 Å². The van der Waals surface area contributed by atoms with Crippen LogP contribution >= 0.6 is 0 Å². The van der Waals surface area contributed by atoms with Crippen LogP contribution < -0.4 is 0 Å². The fourth-order valence-corrected chi connectivity index (χ4v) is 3.46. The van der Waals surface area contributed by atoms with Crippen LogP contribution in [0, 0.1) is 5.92 Å². The third-order valence-corrected chi connectivity index (χ3v) is 5.14. The van der Waals surface area contributed by atoms with Gasteiger partial charge in [-0.2, -0.15) is 13.2 Å². The molecule has 0 heterocycles. The Bertz CT molecular complexity index is 699. The summed E-state index contributed by atoms with van der Waals surface area (Å²) in [6.45, 7) is 5.80. The molecule has 142 valence electrons. The van der Waals surface area contributed by atoms with E-state index in [2.05, 4.69) is 6.92 Å². The van der Waals surface area contributed by atoms with Gasteiger partial charge in [0.2, 0.25) is 0 Å². The normalized spacial score (nSPS) is 33.2. The van der Waals surface area contributed by atoms with Gasteiger partial charge in [0.05, 0.1) is 0 Å². The highest BCUT2D eigenvalue weighted by Crippen LogP contribution is 2.33. The lowest BCUT2D eigenvalue weighted by Crippen LogP contribution is -2.15. The topological polar surface area (TPSA) is 17.1 Å². The van der Waals surface area contributed by atoms with Gasteiger partial charge in [0, 0.05) is 11.5 Å². The molecule has 0 radical (unpaired) electrons. The molecule has 1 nitrogen and oxygen atoms in total. The monoisotopic (exact) mass is 364 g/mol. The van der Waals surface area contributed by atoms with E-state index >= 15 is 0 Å². The second kappa shape index (κ2) is 8.70. The zero-order chi connectivity index (χ0) is 19.3. The van der Waals surface area contributed by atoms with Crippen LogP contribution in [0.1, 0.15) is 59.3 Å². The molecule has 0 bridgehead atoms. The summed E-state index contributed by atoms with van der Waals surface area (Å²) in [5, 5.41) is 0.